The Balaban J connectivity index is 2.43. The van der Waals surface area contributed by atoms with E-state index < -0.39 is 5.54 Å². The average molecular weight is 179 g/mol. The van der Waals surface area contributed by atoms with E-state index in [1.54, 1.807) is 13.8 Å². The quantitative estimate of drug-likeness (QED) is 0.601. The van der Waals surface area contributed by atoms with Gasteiger partial charge in [-0.25, -0.2) is 0 Å². The van der Waals surface area contributed by atoms with Gasteiger partial charge in [-0.1, -0.05) is 19.3 Å². The number of azo groups is 1. The molecule has 1 aliphatic rings. The first-order chi connectivity index (χ1) is 6.14. The summed E-state index contributed by atoms with van der Waals surface area (Å²) >= 11 is 0. The fourth-order valence-electron chi connectivity index (χ4n) is 1.44. The van der Waals surface area contributed by atoms with Gasteiger partial charge < -0.3 is 0 Å². The molecule has 0 heterocycles. The maximum atomic E-state index is 8.72. The predicted molar refractivity (Wildman–Crippen MR) is 51.4 cm³/mol. The normalized spacial score (nSPS) is 20.4. The third-order valence-corrected chi connectivity index (χ3v) is 2.32. The van der Waals surface area contributed by atoms with Crippen LogP contribution in [0.15, 0.2) is 10.2 Å². The molecule has 1 saturated carbocycles. The van der Waals surface area contributed by atoms with E-state index in [1.807, 2.05) is 0 Å². The lowest BCUT2D eigenvalue weighted by Gasteiger charge is -2.17. The fourth-order valence-corrected chi connectivity index (χ4v) is 1.44. The molecule has 0 radical (unpaired) electrons. The molecular weight excluding hydrogens is 162 g/mol. The van der Waals surface area contributed by atoms with Crippen LogP contribution >= 0.6 is 0 Å². The van der Waals surface area contributed by atoms with Gasteiger partial charge in [0.1, 0.15) is 0 Å². The first-order valence-electron chi connectivity index (χ1n) is 4.97. The van der Waals surface area contributed by atoms with Crippen molar-refractivity contribution in [3.8, 4) is 6.07 Å². The molecule has 0 atom stereocenters. The smallest absolute Gasteiger partial charge is 0.161 e. The maximum absolute atomic E-state index is 8.72. The second-order valence-corrected chi connectivity index (χ2v) is 4.18. The summed E-state index contributed by atoms with van der Waals surface area (Å²) in [5, 5.41) is 17.0. The van der Waals surface area contributed by atoms with E-state index in [0.29, 0.717) is 6.04 Å². The molecule has 1 aliphatic carbocycles. The molecule has 0 saturated heterocycles. The Hall–Kier alpha value is -0.910. The zero-order chi connectivity index (χ0) is 9.73. The fraction of sp³-hybridized carbons (Fsp3) is 0.900. The summed E-state index contributed by atoms with van der Waals surface area (Å²) in [6, 6.07) is 2.50. The van der Waals surface area contributed by atoms with Crippen molar-refractivity contribution in [1.29, 1.82) is 5.26 Å². The summed E-state index contributed by atoms with van der Waals surface area (Å²) in [6.07, 6.45) is 6.14. The summed E-state index contributed by atoms with van der Waals surface area (Å²) in [4.78, 5) is 0. The van der Waals surface area contributed by atoms with Crippen molar-refractivity contribution in [1.82, 2.24) is 0 Å². The van der Waals surface area contributed by atoms with Gasteiger partial charge in [0, 0.05) is 0 Å². The molecule has 13 heavy (non-hydrogen) atoms. The standard InChI is InChI=1S/C10H17N3/c1-10(2,8-11)13-12-9-6-4-3-5-7-9/h9H,3-7H2,1-2H3. The number of rotatable bonds is 2. The van der Waals surface area contributed by atoms with Crippen molar-refractivity contribution >= 4 is 0 Å². The highest BCUT2D eigenvalue weighted by Gasteiger charge is 2.17. The Morgan fingerprint density at radius 2 is 1.85 bits per heavy atom. The van der Waals surface area contributed by atoms with E-state index in [-0.39, 0.29) is 0 Å². The van der Waals surface area contributed by atoms with Crippen molar-refractivity contribution in [2.24, 2.45) is 10.2 Å². The Morgan fingerprint density at radius 3 is 2.38 bits per heavy atom. The van der Waals surface area contributed by atoms with E-state index in [2.05, 4.69) is 16.3 Å². The zero-order valence-electron chi connectivity index (χ0n) is 8.45. The third kappa shape index (κ3) is 3.54. The van der Waals surface area contributed by atoms with E-state index in [0.717, 1.165) is 12.8 Å². The summed E-state index contributed by atoms with van der Waals surface area (Å²) in [5.41, 5.74) is -0.641. The molecule has 3 nitrogen and oxygen atoms in total. The second kappa shape index (κ2) is 4.36. The molecular formula is C10H17N3. The molecule has 3 heteroatoms. The minimum Gasteiger partial charge on any atom is -0.196 e. The van der Waals surface area contributed by atoms with Crippen molar-refractivity contribution < 1.29 is 0 Å². The van der Waals surface area contributed by atoms with Gasteiger partial charge in [0.2, 0.25) is 0 Å². The van der Waals surface area contributed by atoms with Gasteiger partial charge in [-0.3, -0.25) is 0 Å². The van der Waals surface area contributed by atoms with Crippen LogP contribution in [0.25, 0.3) is 0 Å². The van der Waals surface area contributed by atoms with Crippen LogP contribution in [-0.4, -0.2) is 11.6 Å². The van der Waals surface area contributed by atoms with Crippen molar-refractivity contribution in [3.63, 3.8) is 0 Å². The summed E-state index contributed by atoms with van der Waals surface area (Å²) in [5.74, 6) is 0. The van der Waals surface area contributed by atoms with Gasteiger partial charge >= 0.3 is 0 Å². The van der Waals surface area contributed by atoms with Gasteiger partial charge in [-0.05, 0) is 26.7 Å². The highest BCUT2D eigenvalue weighted by Crippen LogP contribution is 2.21. The predicted octanol–water partition coefficient (Wildman–Crippen LogP) is 3.07. The van der Waals surface area contributed by atoms with Crippen molar-refractivity contribution in [2.45, 2.75) is 57.5 Å². The topological polar surface area (TPSA) is 48.5 Å². The lowest BCUT2D eigenvalue weighted by atomic mass is 9.96. The van der Waals surface area contributed by atoms with Crippen molar-refractivity contribution in [2.75, 3.05) is 0 Å². The van der Waals surface area contributed by atoms with Crippen molar-refractivity contribution in [3.05, 3.63) is 0 Å². The Labute approximate surface area is 79.9 Å². The average Bonchev–Trinajstić information content (AvgIpc) is 2.17. The molecule has 0 aromatic carbocycles. The Bertz CT molecular complexity index is 219. The van der Waals surface area contributed by atoms with Gasteiger partial charge in [0.05, 0.1) is 12.1 Å². The van der Waals surface area contributed by atoms with Crippen LogP contribution in [0.2, 0.25) is 0 Å². The summed E-state index contributed by atoms with van der Waals surface area (Å²) in [7, 11) is 0. The van der Waals surface area contributed by atoms with E-state index in [9.17, 15) is 0 Å². The Morgan fingerprint density at radius 1 is 1.23 bits per heavy atom. The molecule has 0 aromatic heterocycles. The lowest BCUT2D eigenvalue weighted by molar-refractivity contribution is 0.417. The second-order valence-electron chi connectivity index (χ2n) is 4.18. The van der Waals surface area contributed by atoms with E-state index >= 15 is 0 Å². The first kappa shape index (κ1) is 10.2. The van der Waals surface area contributed by atoms with E-state index in [4.69, 9.17) is 5.26 Å². The number of hydrogen-bond donors (Lipinski definition) is 0. The van der Waals surface area contributed by atoms with Crippen LogP contribution in [-0.2, 0) is 0 Å². The highest BCUT2D eigenvalue weighted by atomic mass is 15.2. The number of nitrogens with zero attached hydrogens (tertiary/aromatic N) is 3. The zero-order valence-corrected chi connectivity index (χ0v) is 8.45. The SMILES string of the molecule is CC(C)(C#N)N=NC1CCCCC1. The van der Waals surface area contributed by atoms with Gasteiger partial charge in [-0.15, -0.1) is 0 Å². The van der Waals surface area contributed by atoms with Gasteiger partial charge in [0.25, 0.3) is 0 Å². The van der Waals surface area contributed by atoms with E-state index in [1.165, 1.54) is 19.3 Å². The third-order valence-electron chi connectivity index (χ3n) is 2.32. The summed E-state index contributed by atoms with van der Waals surface area (Å²) < 4.78 is 0. The molecule has 0 unspecified atom stereocenters. The Kier molecular flexibility index (Phi) is 3.41. The minimum absolute atomic E-state index is 0.376. The summed E-state index contributed by atoms with van der Waals surface area (Å²) in [6.45, 7) is 3.58. The van der Waals surface area contributed by atoms with Crippen LogP contribution < -0.4 is 0 Å². The molecule has 0 aromatic rings. The molecule has 0 spiro atoms. The van der Waals surface area contributed by atoms with Gasteiger partial charge in [-0.2, -0.15) is 15.5 Å². The van der Waals surface area contributed by atoms with Crippen LogP contribution in [0.3, 0.4) is 0 Å². The first-order valence-corrected chi connectivity index (χ1v) is 4.97. The molecule has 1 rings (SSSR count). The largest absolute Gasteiger partial charge is 0.196 e. The molecule has 1 fully saturated rings. The van der Waals surface area contributed by atoms with Crippen LogP contribution in [0.1, 0.15) is 46.0 Å². The molecule has 72 valence electrons. The van der Waals surface area contributed by atoms with Gasteiger partial charge in [0.15, 0.2) is 5.54 Å². The maximum Gasteiger partial charge on any atom is 0.161 e. The molecule has 0 bridgehead atoms. The van der Waals surface area contributed by atoms with Crippen LogP contribution in [0, 0.1) is 11.3 Å². The number of hydrogen-bond acceptors (Lipinski definition) is 3. The van der Waals surface area contributed by atoms with Crippen LogP contribution in [0.5, 0.6) is 0 Å². The molecule has 0 N–H and O–H groups in total. The lowest BCUT2D eigenvalue weighted by Crippen LogP contribution is -2.15. The number of nitriles is 1. The minimum atomic E-state index is -0.641. The molecule has 0 aliphatic heterocycles. The molecule has 0 amide bonds. The van der Waals surface area contributed by atoms with Crippen LogP contribution in [0.4, 0.5) is 0 Å². The highest BCUT2D eigenvalue weighted by molar-refractivity contribution is 4.99. The monoisotopic (exact) mass is 179 g/mol.